The fraction of sp³-hybridized carbons (Fsp3) is 0.0714. The molecule has 1 amide bonds. The van der Waals surface area contributed by atoms with E-state index in [1.54, 1.807) is 13.0 Å². The number of aromatic hydroxyl groups is 1. The lowest BCUT2D eigenvalue weighted by Crippen LogP contribution is -2.13. The lowest BCUT2D eigenvalue weighted by atomic mass is 10.1. The summed E-state index contributed by atoms with van der Waals surface area (Å²) in [6.07, 6.45) is 0. The second kappa shape index (κ2) is 5.93. The lowest BCUT2D eigenvalue weighted by Gasteiger charge is -2.10. The van der Waals surface area contributed by atoms with E-state index < -0.39 is 11.7 Å². The van der Waals surface area contributed by atoms with Crippen LogP contribution in [0.3, 0.4) is 0 Å². The summed E-state index contributed by atoms with van der Waals surface area (Å²) in [5.74, 6) is -0.987. The standard InChI is InChI=1S/C14H10Br2FNO2/c1-7-4-11(17)10(16)6-12(7)18-14(20)9-3-2-8(15)5-13(9)19/h2-6,19H,1H3,(H,18,20). The van der Waals surface area contributed by atoms with E-state index in [1.807, 2.05) is 0 Å². The van der Waals surface area contributed by atoms with Crippen LogP contribution in [-0.2, 0) is 0 Å². The summed E-state index contributed by atoms with van der Waals surface area (Å²) in [7, 11) is 0. The zero-order chi connectivity index (χ0) is 14.9. The Morgan fingerprint density at radius 1 is 1.25 bits per heavy atom. The number of halogens is 3. The Labute approximate surface area is 132 Å². The van der Waals surface area contributed by atoms with E-state index in [-0.39, 0.29) is 15.8 Å². The maximum absolute atomic E-state index is 13.3. The predicted molar refractivity (Wildman–Crippen MR) is 82.6 cm³/mol. The summed E-state index contributed by atoms with van der Waals surface area (Å²) in [5.41, 5.74) is 1.22. The van der Waals surface area contributed by atoms with E-state index in [0.29, 0.717) is 15.7 Å². The molecule has 0 heterocycles. The molecule has 0 aromatic heterocycles. The molecule has 0 radical (unpaired) electrons. The Morgan fingerprint density at radius 2 is 1.95 bits per heavy atom. The normalized spacial score (nSPS) is 10.4. The maximum atomic E-state index is 13.3. The number of hydrogen-bond donors (Lipinski definition) is 2. The van der Waals surface area contributed by atoms with Crippen molar-refractivity contribution in [1.29, 1.82) is 0 Å². The van der Waals surface area contributed by atoms with Crippen LogP contribution < -0.4 is 5.32 Å². The molecule has 20 heavy (non-hydrogen) atoms. The van der Waals surface area contributed by atoms with Crippen LogP contribution in [0.2, 0.25) is 0 Å². The van der Waals surface area contributed by atoms with Crippen LogP contribution in [0.1, 0.15) is 15.9 Å². The number of aryl methyl sites for hydroxylation is 1. The summed E-state index contributed by atoms with van der Waals surface area (Å²) in [4.78, 5) is 12.1. The van der Waals surface area contributed by atoms with Crippen LogP contribution in [0.25, 0.3) is 0 Å². The fourth-order valence-electron chi connectivity index (χ4n) is 1.67. The number of rotatable bonds is 2. The molecule has 0 atom stereocenters. The Kier molecular flexibility index (Phi) is 4.45. The van der Waals surface area contributed by atoms with Gasteiger partial charge >= 0.3 is 0 Å². The molecule has 0 saturated carbocycles. The highest BCUT2D eigenvalue weighted by Gasteiger charge is 2.14. The third-order valence-corrected chi connectivity index (χ3v) is 3.82. The van der Waals surface area contributed by atoms with Gasteiger partial charge in [0.1, 0.15) is 11.6 Å². The first-order chi connectivity index (χ1) is 9.38. The second-order valence-corrected chi connectivity index (χ2v) is 5.97. The van der Waals surface area contributed by atoms with Crippen LogP contribution in [0.4, 0.5) is 10.1 Å². The Balaban J connectivity index is 2.30. The molecule has 3 nitrogen and oxygen atoms in total. The predicted octanol–water partition coefficient (Wildman–Crippen LogP) is 4.62. The average molecular weight is 403 g/mol. The van der Waals surface area contributed by atoms with Crippen LogP contribution in [0, 0.1) is 12.7 Å². The van der Waals surface area contributed by atoms with Crippen molar-refractivity contribution in [3.63, 3.8) is 0 Å². The molecule has 0 aliphatic rings. The summed E-state index contributed by atoms with van der Waals surface area (Å²) in [6, 6.07) is 7.40. The lowest BCUT2D eigenvalue weighted by molar-refractivity contribution is 0.102. The van der Waals surface area contributed by atoms with Crippen molar-refractivity contribution >= 4 is 43.5 Å². The van der Waals surface area contributed by atoms with Crippen molar-refractivity contribution in [1.82, 2.24) is 0 Å². The number of phenolic OH excluding ortho intramolecular Hbond substituents is 1. The number of carbonyl (C=O) groups is 1. The first-order valence-corrected chi connectivity index (χ1v) is 7.22. The van der Waals surface area contributed by atoms with Gasteiger partial charge in [-0.2, -0.15) is 0 Å². The zero-order valence-corrected chi connectivity index (χ0v) is 13.5. The van der Waals surface area contributed by atoms with E-state index in [1.165, 1.54) is 24.3 Å². The number of benzene rings is 2. The molecule has 0 aliphatic carbocycles. The smallest absolute Gasteiger partial charge is 0.259 e. The third-order valence-electron chi connectivity index (χ3n) is 2.72. The monoisotopic (exact) mass is 401 g/mol. The van der Waals surface area contributed by atoms with Crippen LogP contribution in [0.5, 0.6) is 5.75 Å². The van der Waals surface area contributed by atoms with Gasteiger partial charge in [-0.1, -0.05) is 15.9 Å². The topological polar surface area (TPSA) is 49.3 Å². The van der Waals surface area contributed by atoms with Crippen LogP contribution in [0.15, 0.2) is 39.3 Å². The summed E-state index contributed by atoms with van der Waals surface area (Å²) < 4.78 is 14.3. The number of nitrogens with one attached hydrogen (secondary N) is 1. The Bertz CT molecular complexity index is 689. The minimum absolute atomic E-state index is 0.129. The molecule has 0 bridgehead atoms. The molecule has 2 rings (SSSR count). The van der Waals surface area contributed by atoms with Crippen LogP contribution >= 0.6 is 31.9 Å². The zero-order valence-electron chi connectivity index (χ0n) is 10.4. The summed E-state index contributed by atoms with van der Waals surface area (Å²) >= 11 is 6.27. The summed E-state index contributed by atoms with van der Waals surface area (Å²) in [6.45, 7) is 1.69. The quantitative estimate of drug-likeness (QED) is 0.770. The Hall–Kier alpha value is -1.40. The number of phenols is 1. The van der Waals surface area contributed by atoms with Gasteiger partial charge in [-0.3, -0.25) is 4.79 Å². The van der Waals surface area contributed by atoms with Crippen molar-refractivity contribution in [3.8, 4) is 5.75 Å². The van der Waals surface area contributed by atoms with E-state index in [9.17, 15) is 14.3 Å². The van der Waals surface area contributed by atoms with E-state index in [4.69, 9.17) is 0 Å². The molecule has 0 unspecified atom stereocenters. The molecule has 0 saturated heterocycles. The molecule has 2 N–H and O–H groups in total. The molecule has 104 valence electrons. The Morgan fingerprint density at radius 3 is 2.60 bits per heavy atom. The van der Waals surface area contributed by atoms with Gasteiger partial charge in [0, 0.05) is 10.2 Å². The van der Waals surface area contributed by atoms with Crippen molar-refractivity contribution in [2.24, 2.45) is 0 Å². The van der Waals surface area contributed by atoms with E-state index >= 15 is 0 Å². The highest BCUT2D eigenvalue weighted by molar-refractivity contribution is 9.10. The van der Waals surface area contributed by atoms with Gasteiger partial charge in [0.25, 0.3) is 5.91 Å². The number of amides is 1. The third kappa shape index (κ3) is 3.19. The van der Waals surface area contributed by atoms with E-state index in [0.717, 1.165) is 0 Å². The van der Waals surface area contributed by atoms with Gasteiger partial charge in [0.2, 0.25) is 0 Å². The molecular formula is C14H10Br2FNO2. The first kappa shape index (κ1) is 15.0. The largest absolute Gasteiger partial charge is 0.507 e. The first-order valence-electron chi connectivity index (χ1n) is 5.64. The summed E-state index contributed by atoms with van der Waals surface area (Å²) in [5, 5.41) is 12.4. The van der Waals surface area contributed by atoms with Gasteiger partial charge in [0.05, 0.1) is 10.0 Å². The fourth-order valence-corrected chi connectivity index (χ4v) is 2.36. The van der Waals surface area contributed by atoms with Gasteiger partial charge in [-0.25, -0.2) is 4.39 Å². The molecule has 2 aromatic rings. The average Bonchev–Trinajstić information content (AvgIpc) is 2.35. The van der Waals surface area contributed by atoms with Gasteiger partial charge < -0.3 is 10.4 Å². The minimum atomic E-state index is -0.461. The number of anilines is 1. The highest BCUT2D eigenvalue weighted by atomic mass is 79.9. The van der Waals surface area contributed by atoms with Gasteiger partial charge in [-0.05, 0) is 58.7 Å². The van der Waals surface area contributed by atoms with Crippen molar-refractivity contribution < 1.29 is 14.3 Å². The number of hydrogen-bond acceptors (Lipinski definition) is 2. The van der Waals surface area contributed by atoms with E-state index in [2.05, 4.69) is 37.2 Å². The molecular weight excluding hydrogens is 393 g/mol. The molecule has 0 fully saturated rings. The molecule has 2 aromatic carbocycles. The minimum Gasteiger partial charge on any atom is -0.507 e. The van der Waals surface area contributed by atoms with Crippen LogP contribution in [-0.4, -0.2) is 11.0 Å². The van der Waals surface area contributed by atoms with Gasteiger partial charge in [0.15, 0.2) is 0 Å². The van der Waals surface area contributed by atoms with Crippen molar-refractivity contribution in [2.45, 2.75) is 6.92 Å². The molecule has 0 aliphatic heterocycles. The molecule has 6 heteroatoms. The second-order valence-electron chi connectivity index (χ2n) is 4.20. The SMILES string of the molecule is Cc1cc(F)c(Br)cc1NC(=O)c1ccc(Br)cc1O. The van der Waals surface area contributed by atoms with Crippen molar-refractivity contribution in [3.05, 3.63) is 56.2 Å². The molecule has 0 spiro atoms. The van der Waals surface area contributed by atoms with Crippen molar-refractivity contribution in [2.75, 3.05) is 5.32 Å². The number of carbonyl (C=O) groups excluding carboxylic acids is 1. The maximum Gasteiger partial charge on any atom is 0.259 e. The highest BCUT2D eigenvalue weighted by Crippen LogP contribution is 2.27. The van der Waals surface area contributed by atoms with Gasteiger partial charge in [-0.15, -0.1) is 0 Å².